The molecular formula is C32H35BN2O8S. The van der Waals surface area contributed by atoms with Crippen molar-refractivity contribution in [2.45, 2.75) is 49.7 Å². The van der Waals surface area contributed by atoms with Gasteiger partial charge in [0.25, 0.3) is 0 Å². The number of benzene rings is 3. The highest BCUT2D eigenvalue weighted by atomic mass is 32.2. The lowest BCUT2D eigenvalue weighted by molar-refractivity contribution is -0.135. The molecule has 10 nitrogen and oxygen atoms in total. The van der Waals surface area contributed by atoms with Crippen LogP contribution in [0.15, 0.2) is 83.2 Å². The van der Waals surface area contributed by atoms with Gasteiger partial charge in [-0.3, -0.25) is 4.79 Å². The smallest absolute Gasteiger partial charge is 0.480 e. The topological polar surface area (TPSA) is 140 Å². The maximum atomic E-state index is 13.0. The van der Waals surface area contributed by atoms with Crippen molar-refractivity contribution < 1.29 is 37.2 Å². The van der Waals surface area contributed by atoms with Crippen molar-refractivity contribution in [2.24, 2.45) is 0 Å². The molecule has 1 aliphatic heterocycles. The van der Waals surface area contributed by atoms with Crippen LogP contribution in [0.1, 0.15) is 50.3 Å². The molecule has 1 aliphatic carbocycles. The van der Waals surface area contributed by atoms with E-state index in [4.69, 9.17) is 19.2 Å². The zero-order valence-corrected chi connectivity index (χ0v) is 25.8. The van der Waals surface area contributed by atoms with Crippen LogP contribution >= 0.6 is 0 Å². The molecule has 1 saturated heterocycles. The van der Waals surface area contributed by atoms with Gasteiger partial charge in [0.1, 0.15) is 13.2 Å². The maximum Gasteiger partial charge on any atom is 0.492 e. The van der Waals surface area contributed by atoms with Crippen LogP contribution in [-0.2, 0) is 28.9 Å². The first-order chi connectivity index (χ1) is 20.8. The third-order valence-corrected chi connectivity index (χ3v) is 9.71. The van der Waals surface area contributed by atoms with Gasteiger partial charge >= 0.3 is 19.2 Å². The highest BCUT2D eigenvalue weighted by molar-refractivity contribution is 7.89. The third-order valence-electron chi connectivity index (χ3n) is 8.29. The minimum atomic E-state index is -3.99. The second kappa shape index (κ2) is 12.2. The molecular weight excluding hydrogens is 583 g/mol. The Kier molecular flexibility index (Phi) is 8.72. The van der Waals surface area contributed by atoms with Gasteiger partial charge in [0.05, 0.1) is 16.1 Å². The summed E-state index contributed by atoms with van der Waals surface area (Å²) in [7, 11) is -4.78. The fourth-order valence-corrected chi connectivity index (χ4v) is 6.19. The van der Waals surface area contributed by atoms with Crippen molar-refractivity contribution in [1.82, 2.24) is 10.0 Å². The summed E-state index contributed by atoms with van der Waals surface area (Å²) in [5.41, 5.74) is 4.46. The van der Waals surface area contributed by atoms with E-state index in [1.54, 1.807) is 18.2 Å². The third kappa shape index (κ3) is 6.58. The lowest BCUT2D eigenvalue weighted by Crippen LogP contribution is -2.41. The minimum absolute atomic E-state index is 0.0493. The summed E-state index contributed by atoms with van der Waals surface area (Å²) in [5.74, 6) is -1.37. The Bertz CT molecular complexity index is 1640. The number of hydrogen-bond donors (Lipinski definition) is 3. The van der Waals surface area contributed by atoms with Crippen molar-refractivity contribution in [2.75, 3.05) is 19.7 Å². The first-order valence-electron chi connectivity index (χ1n) is 14.2. The summed E-state index contributed by atoms with van der Waals surface area (Å²) in [6, 6.07) is 22.1. The summed E-state index contributed by atoms with van der Waals surface area (Å²) < 4.78 is 45.0. The zero-order valence-electron chi connectivity index (χ0n) is 25.0. The summed E-state index contributed by atoms with van der Waals surface area (Å²) in [6.07, 6.45) is 1.16. The summed E-state index contributed by atoms with van der Waals surface area (Å²) in [5, 5.41) is 11.6. The van der Waals surface area contributed by atoms with Crippen molar-refractivity contribution in [3.63, 3.8) is 0 Å². The van der Waals surface area contributed by atoms with Gasteiger partial charge in [-0.25, -0.2) is 13.2 Å². The molecule has 0 unspecified atom stereocenters. The van der Waals surface area contributed by atoms with Gasteiger partial charge in [-0.15, -0.1) is 0 Å². The van der Waals surface area contributed by atoms with E-state index < -0.39 is 47.0 Å². The van der Waals surface area contributed by atoms with Crippen LogP contribution < -0.4 is 10.0 Å². The Morgan fingerprint density at radius 3 is 1.98 bits per heavy atom. The zero-order chi connectivity index (χ0) is 31.7. The van der Waals surface area contributed by atoms with Crippen LogP contribution in [0.2, 0.25) is 0 Å². The fraction of sp³-hybridized carbons (Fsp3) is 0.312. The number of nitrogens with one attached hydrogen (secondary N) is 2. The van der Waals surface area contributed by atoms with E-state index >= 15 is 0 Å². The molecule has 3 aromatic carbocycles. The molecule has 230 valence electrons. The van der Waals surface area contributed by atoms with E-state index in [-0.39, 0.29) is 24.0 Å². The number of carbonyl (C=O) groups excluding carboxylic acids is 1. The predicted molar refractivity (Wildman–Crippen MR) is 166 cm³/mol. The number of sulfonamides is 1. The molecule has 2 aliphatic rings. The Balaban J connectivity index is 1.30. The molecule has 12 heteroatoms. The van der Waals surface area contributed by atoms with Crippen molar-refractivity contribution in [1.29, 1.82) is 0 Å². The van der Waals surface area contributed by atoms with E-state index in [0.717, 1.165) is 22.3 Å². The van der Waals surface area contributed by atoms with E-state index in [2.05, 4.69) is 29.6 Å². The molecule has 0 aromatic heterocycles. The van der Waals surface area contributed by atoms with Gasteiger partial charge in [0.2, 0.25) is 10.0 Å². The second-order valence-electron chi connectivity index (χ2n) is 11.8. The highest BCUT2D eigenvalue weighted by Crippen LogP contribution is 2.44. The van der Waals surface area contributed by atoms with Crippen LogP contribution in [0.25, 0.3) is 17.2 Å². The van der Waals surface area contributed by atoms with Crippen molar-refractivity contribution >= 4 is 35.3 Å². The second-order valence-corrected chi connectivity index (χ2v) is 13.5. The van der Waals surface area contributed by atoms with Crippen LogP contribution in [0, 0.1) is 0 Å². The first-order valence-corrected chi connectivity index (χ1v) is 15.7. The van der Waals surface area contributed by atoms with Gasteiger partial charge in [-0.2, -0.15) is 4.72 Å². The molecule has 0 radical (unpaired) electrons. The number of amides is 1. The van der Waals surface area contributed by atoms with E-state index in [1.807, 2.05) is 56.7 Å². The molecule has 0 atom stereocenters. The monoisotopic (exact) mass is 618 g/mol. The van der Waals surface area contributed by atoms with Crippen LogP contribution in [0.5, 0.6) is 0 Å². The van der Waals surface area contributed by atoms with E-state index in [0.29, 0.717) is 11.0 Å². The highest BCUT2D eigenvalue weighted by Gasteiger charge is 2.52. The van der Waals surface area contributed by atoms with Crippen molar-refractivity contribution in [3.8, 4) is 11.1 Å². The van der Waals surface area contributed by atoms with Gasteiger partial charge in [0, 0.05) is 12.5 Å². The first kappa shape index (κ1) is 31.5. The number of carbonyl (C=O) groups is 2. The number of fused-ring (bicyclic) bond motifs is 3. The molecule has 1 heterocycles. The fourth-order valence-electron chi connectivity index (χ4n) is 5.22. The van der Waals surface area contributed by atoms with Gasteiger partial charge < -0.3 is 24.5 Å². The number of rotatable bonds is 10. The average molecular weight is 619 g/mol. The average Bonchev–Trinajstić information content (AvgIpc) is 3.42. The summed E-state index contributed by atoms with van der Waals surface area (Å²) in [6.45, 7) is 7.19. The molecule has 3 N–H and O–H groups in total. The van der Waals surface area contributed by atoms with Crippen LogP contribution in [0.3, 0.4) is 0 Å². The molecule has 1 amide bonds. The Morgan fingerprint density at radius 1 is 0.886 bits per heavy atom. The SMILES string of the molecule is CC1(C)OB(C(=Cc2ccc(S(=O)(=O)NCC(=O)O)cc2)CNC(=O)OCC2c3ccccc3-c3ccccc32)OC1(C)C. The molecule has 44 heavy (non-hydrogen) atoms. The van der Waals surface area contributed by atoms with Crippen LogP contribution in [-0.4, -0.2) is 63.6 Å². The molecule has 0 spiro atoms. The predicted octanol–water partition coefficient (Wildman–Crippen LogP) is 4.60. The number of aliphatic carboxylic acids is 1. The number of alkyl carbamates (subject to hydrolysis) is 1. The quantitative estimate of drug-likeness (QED) is 0.280. The van der Waals surface area contributed by atoms with Crippen molar-refractivity contribution in [3.05, 3.63) is 95.0 Å². The van der Waals surface area contributed by atoms with Gasteiger partial charge in [-0.05, 0) is 73.1 Å². The molecule has 0 bridgehead atoms. The Labute approximate surface area is 257 Å². The standard InChI is InChI=1S/C32H35BN2O8S/c1-31(2)32(3,4)43-33(42-31)22(17-21-13-15-23(16-14-21)44(39,40)35-19-29(36)37)18-34-30(38)41-20-28-26-11-7-5-9-24(26)25-10-6-8-12-27(25)28/h5-17,28,35H,18-20H2,1-4H3,(H,34,38)(H,36,37). The van der Waals surface area contributed by atoms with E-state index in [1.165, 1.54) is 12.1 Å². The lowest BCUT2D eigenvalue weighted by Gasteiger charge is -2.32. The molecule has 5 rings (SSSR count). The number of ether oxygens (including phenoxy) is 1. The molecule has 3 aromatic rings. The summed E-state index contributed by atoms with van der Waals surface area (Å²) >= 11 is 0. The largest absolute Gasteiger partial charge is 0.492 e. The minimum Gasteiger partial charge on any atom is -0.480 e. The van der Waals surface area contributed by atoms with Gasteiger partial charge in [-0.1, -0.05) is 66.7 Å². The Hall–Kier alpha value is -3.97. The maximum absolute atomic E-state index is 13.0. The lowest BCUT2D eigenvalue weighted by atomic mass is 9.77. The molecule has 0 saturated carbocycles. The van der Waals surface area contributed by atoms with Crippen LogP contribution in [0.4, 0.5) is 4.79 Å². The number of carboxylic acid groups (broad SMARTS) is 1. The summed E-state index contributed by atoms with van der Waals surface area (Å²) in [4.78, 5) is 23.7. The Morgan fingerprint density at radius 2 is 1.43 bits per heavy atom. The normalized spacial score (nSPS) is 17.2. The van der Waals surface area contributed by atoms with Gasteiger partial charge in [0.15, 0.2) is 0 Å². The molecule has 1 fully saturated rings. The number of hydrogen-bond acceptors (Lipinski definition) is 7. The van der Waals surface area contributed by atoms with E-state index in [9.17, 15) is 18.0 Å². The number of carboxylic acids is 1.